The zero-order valence-corrected chi connectivity index (χ0v) is 13.4. The number of carbonyl (C=O) groups is 1. The molecule has 0 aliphatic carbocycles. The number of nitrogens with zero attached hydrogens (tertiary/aromatic N) is 1. The topological polar surface area (TPSA) is 104 Å². The third kappa shape index (κ3) is 5.84. The number of hydrogen-bond donors (Lipinski definition) is 3. The number of hydrogen-bond acceptors (Lipinski definition) is 6. The summed E-state index contributed by atoms with van der Waals surface area (Å²) in [5, 5.41) is 25.9. The molecule has 0 aromatic heterocycles. The van der Waals surface area contributed by atoms with Gasteiger partial charge in [0.1, 0.15) is 0 Å². The minimum Gasteiger partial charge on any atom is -0.390 e. The average Bonchev–Trinajstić information content (AvgIpc) is 2.44. The number of rotatable bonds is 8. The van der Waals surface area contributed by atoms with Gasteiger partial charge in [-0.1, -0.05) is 0 Å². The molecule has 7 nitrogen and oxygen atoms in total. The highest BCUT2D eigenvalue weighted by atomic mass is 35.5. The van der Waals surface area contributed by atoms with Gasteiger partial charge in [-0.05, 0) is 19.9 Å². The van der Waals surface area contributed by atoms with Crippen molar-refractivity contribution >= 4 is 34.4 Å². The highest BCUT2D eigenvalue weighted by Gasteiger charge is 2.19. The molecule has 1 aromatic carbocycles. The third-order valence-electron chi connectivity index (χ3n) is 2.74. The standard InChI is InChI=1S/C14H17ClFN3O4/c1-8(3-9(2)20)18-13-4-11(16)14(19(22)23)5-12(13)17-7-10(21)6-15/h3-5,10,17-18,21H,6-7H2,1-2H3. The lowest BCUT2D eigenvalue weighted by molar-refractivity contribution is -0.387. The number of benzene rings is 1. The molecule has 0 saturated carbocycles. The zero-order chi connectivity index (χ0) is 17.6. The zero-order valence-electron chi connectivity index (χ0n) is 12.6. The van der Waals surface area contributed by atoms with Crippen molar-refractivity contribution < 1.29 is 19.2 Å². The molecule has 0 radical (unpaired) electrons. The first-order valence-electron chi connectivity index (χ1n) is 6.66. The summed E-state index contributed by atoms with van der Waals surface area (Å²) in [6, 6.07) is 1.96. The normalized spacial score (nSPS) is 12.7. The van der Waals surface area contributed by atoms with Gasteiger partial charge >= 0.3 is 5.69 Å². The maximum atomic E-state index is 13.8. The minimum atomic E-state index is -1.02. The number of aliphatic hydroxyl groups excluding tert-OH is 1. The number of nitro benzene ring substituents is 1. The molecule has 0 bridgehead atoms. The Morgan fingerprint density at radius 2 is 2.13 bits per heavy atom. The second-order valence-corrected chi connectivity index (χ2v) is 5.17. The summed E-state index contributed by atoms with van der Waals surface area (Å²) in [5.41, 5.74) is 0.141. The van der Waals surface area contributed by atoms with Gasteiger partial charge in [0.15, 0.2) is 5.78 Å². The van der Waals surface area contributed by atoms with Crippen LogP contribution in [0.3, 0.4) is 0 Å². The van der Waals surface area contributed by atoms with E-state index in [0.29, 0.717) is 5.70 Å². The Morgan fingerprint density at radius 1 is 1.48 bits per heavy atom. The smallest absolute Gasteiger partial charge is 0.307 e. The highest BCUT2D eigenvalue weighted by Crippen LogP contribution is 2.31. The number of alkyl halides is 1. The van der Waals surface area contributed by atoms with Crippen LogP contribution < -0.4 is 10.6 Å². The fraction of sp³-hybridized carbons (Fsp3) is 0.357. The number of allylic oxidation sites excluding steroid dienone is 2. The predicted molar refractivity (Wildman–Crippen MR) is 86.3 cm³/mol. The first kappa shape index (κ1) is 18.9. The number of nitrogens with one attached hydrogen (secondary N) is 2. The fourth-order valence-corrected chi connectivity index (χ4v) is 1.90. The van der Waals surface area contributed by atoms with E-state index in [1.807, 2.05) is 0 Å². The maximum absolute atomic E-state index is 13.8. The Morgan fingerprint density at radius 3 is 2.65 bits per heavy atom. The lowest BCUT2D eigenvalue weighted by Gasteiger charge is -2.16. The van der Waals surface area contributed by atoms with Crippen molar-refractivity contribution in [3.63, 3.8) is 0 Å². The van der Waals surface area contributed by atoms with Crippen molar-refractivity contribution in [3.05, 3.63) is 39.8 Å². The van der Waals surface area contributed by atoms with Gasteiger partial charge in [-0.15, -0.1) is 11.6 Å². The number of halogens is 2. The van der Waals surface area contributed by atoms with E-state index in [4.69, 9.17) is 11.6 Å². The van der Waals surface area contributed by atoms with E-state index in [1.54, 1.807) is 6.92 Å². The molecular weight excluding hydrogens is 329 g/mol. The summed E-state index contributed by atoms with van der Waals surface area (Å²) in [6.45, 7) is 2.98. The summed E-state index contributed by atoms with van der Waals surface area (Å²) in [6.07, 6.45) is 0.430. The van der Waals surface area contributed by atoms with Crippen molar-refractivity contribution in [2.75, 3.05) is 23.1 Å². The maximum Gasteiger partial charge on any atom is 0.307 e. The molecule has 23 heavy (non-hydrogen) atoms. The summed E-state index contributed by atoms with van der Waals surface area (Å²) in [7, 11) is 0. The van der Waals surface area contributed by atoms with Crippen LogP contribution in [0.4, 0.5) is 21.5 Å². The van der Waals surface area contributed by atoms with Gasteiger partial charge in [0.05, 0.1) is 28.3 Å². The van der Waals surface area contributed by atoms with Crippen molar-refractivity contribution in [1.29, 1.82) is 0 Å². The lowest BCUT2D eigenvalue weighted by Crippen LogP contribution is -2.21. The molecular formula is C14H17ClFN3O4. The van der Waals surface area contributed by atoms with Crippen molar-refractivity contribution in [1.82, 2.24) is 0 Å². The van der Waals surface area contributed by atoms with Gasteiger partial charge in [0, 0.05) is 24.4 Å². The number of carbonyl (C=O) groups excluding carboxylic acids is 1. The fourth-order valence-electron chi connectivity index (χ4n) is 1.79. The second-order valence-electron chi connectivity index (χ2n) is 4.86. The van der Waals surface area contributed by atoms with Crippen LogP contribution in [-0.2, 0) is 4.79 Å². The molecule has 1 atom stereocenters. The van der Waals surface area contributed by atoms with Gasteiger partial charge in [-0.2, -0.15) is 4.39 Å². The summed E-state index contributed by atoms with van der Waals surface area (Å²) >= 11 is 5.49. The molecule has 0 aliphatic heterocycles. The third-order valence-corrected chi connectivity index (χ3v) is 3.10. The Balaban J connectivity index is 3.17. The summed E-state index contributed by atoms with van der Waals surface area (Å²) in [4.78, 5) is 21.0. The van der Waals surface area contributed by atoms with Crippen LogP contribution in [0.25, 0.3) is 0 Å². The van der Waals surface area contributed by atoms with E-state index in [2.05, 4.69) is 10.6 Å². The SMILES string of the molecule is CC(=O)C=C(C)Nc1cc(F)c([N+](=O)[O-])cc1NCC(O)CCl. The lowest BCUT2D eigenvalue weighted by atomic mass is 10.2. The number of ketones is 1. The van der Waals surface area contributed by atoms with Crippen LogP contribution in [0.15, 0.2) is 23.9 Å². The van der Waals surface area contributed by atoms with Gasteiger partial charge in [-0.25, -0.2) is 0 Å². The van der Waals surface area contributed by atoms with Crippen LogP contribution in [0.1, 0.15) is 13.8 Å². The second kappa shape index (κ2) is 8.44. The van der Waals surface area contributed by atoms with Gasteiger partial charge in [0.25, 0.3) is 0 Å². The van der Waals surface area contributed by atoms with E-state index >= 15 is 0 Å². The van der Waals surface area contributed by atoms with E-state index in [-0.39, 0.29) is 29.6 Å². The molecule has 0 saturated heterocycles. The molecule has 9 heteroatoms. The van der Waals surface area contributed by atoms with E-state index in [0.717, 1.165) is 12.1 Å². The molecule has 0 heterocycles. The van der Waals surface area contributed by atoms with Crippen molar-refractivity contribution in [2.24, 2.45) is 0 Å². The average molecular weight is 346 g/mol. The monoisotopic (exact) mass is 345 g/mol. The Kier molecular flexibility index (Phi) is 6.92. The van der Waals surface area contributed by atoms with Crippen molar-refractivity contribution in [3.8, 4) is 0 Å². The van der Waals surface area contributed by atoms with Gasteiger partial charge in [0.2, 0.25) is 5.82 Å². The van der Waals surface area contributed by atoms with E-state index < -0.39 is 22.5 Å². The van der Waals surface area contributed by atoms with E-state index in [9.17, 15) is 24.4 Å². The Hall–Kier alpha value is -2.19. The molecule has 0 fully saturated rings. The molecule has 1 unspecified atom stereocenters. The number of nitro groups is 1. The number of anilines is 2. The highest BCUT2D eigenvalue weighted by molar-refractivity contribution is 6.18. The van der Waals surface area contributed by atoms with E-state index in [1.165, 1.54) is 13.0 Å². The molecule has 0 amide bonds. The van der Waals surface area contributed by atoms with Crippen LogP contribution in [0.2, 0.25) is 0 Å². The molecule has 0 spiro atoms. The largest absolute Gasteiger partial charge is 0.390 e. The Bertz CT molecular complexity index is 637. The molecule has 1 aromatic rings. The number of aliphatic hydroxyl groups is 1. The van der Waals surface area contributed by atoms with Crippen LogP contribution in [0, 0.1) is 15.9 Å². The van der Waals surface area contributed by atoms with Gasteiger partial charge < -0.3 is 15.7 Å². The quantitative estimate of drug-likeness (QED) is 0.289. The van der Waals surface area contributed by atoms with Crippen LogP contribution in [0.5, 0.6) is 0 Å². The van der Waals surface area contributed by atoms with Crippen molar-refractivity contribution in [2.45, 2.75) is 20.0 Å². The van der Waals surface area contributed by atoms with Crippen LogP contribution in [-0.4, -0.2) is 34.3 Å². The first-order chi connectivity index (χ1) is 10.7. The summed E-state index contributed by atoms with van der Waals surface area (Å²) < 4.78 is 13.8. The Labute approximate surface area is 137 Å². The predicted octanol–water partition coefficient (Wildman–Crippen LogP) is 2.65. The minimum absolute atomic E-state index is 0.0242. The van der Waals surface area contributed by atoms with Crippen LogP contribution >= 0.6 is 11.6 Å². The molecule has 3 N–H and O–H groups in total. The first-order valence-corrected chi connectivity index (χ1v) is 7.19. The molecule has 0 aliphatic rings. The van der Waals surface area contributed by atoms with Gasteiger partial charge in [-0.3, -0.25) is 14.9 Å². The summed E-state index contributed by atoms with van der Waals surface area (Å²) in [5.74, 6) is -1.25. The molecule has 1 rings (SSSR count). The molecule has 126 valence electrons.